The van der Waals surface area contributed by atoms with E-state index in [1.165, 1.54) is 11.1 Å². The van der Waals surface area contributed by atoms with Gasteiger partial charge < -0.3 is 14.8 Å². The third-order valence-corrected chi connectivity index (χ3v) is 3.29. The van der Waals surface area contributed by atoms with E-state index in [-0.39, 0.29) is 6.04 Å². The lowest BCUT2D eigenvalue weighted by Gasteiger charge is -2.17. The lowest BCUT2D eigenvalue weighted by Crippen LogP contribution is -2.19. The number of halogens is 2. The van der Waals surface area contributed by atoms with E-state index in [9.17, 15) is 8.78 Å². The highest BCUT2D eigenvalue weighted by Crippen LogP contribution is 2.25. The van der Waals surface area contributed by atoms with Crippen molar-refractivity contribution in [3.63, 3.8) is 0 Å². The Morgan fingerprint density at radius 3 is 2.84 bits per heavy atom. The van der Waals surface area contributed by atoms with Crippen LogP contribution in [0.25, 0.3) is 0 Å². The minimum absolute atomic E-state index is 0.114. The van der Waals surface area contributed by atoms with Crippen molar-refractivity contribution in [1.29, 1.82) is 0 Å². The smallest absolute Gasteiger partial charge is 0.261 e. The Labute approximate surface area is 111 Å². The van der Waals surface area contributed by atoms with Crippen molar-refractivity contribution < 1.29 is 18.3 Å². The Morgan fingerprint density at radius 2 is 2.11 bits per heavy atom. The average molecular weight is 271 g/mol. The third-order valence-electron chi connectivity index (χ3n) is 3.29. The molecule has 1 aliphatic heterocycles. The van der Waals surface area contributed by atoms with E-state index >= 15 is 0 Å². The van der Waals surface area contributed by atoms with E-state index in [0.717, 1.165) is 5.56 Å². The Kier molecular flexibility index (Phi) is 5.24. The first-order chi connectivity index (χ1) is 9.20. The summed E-state index contributed by atoms with van der Waals surface area (Å²) < 4.78 is 34.2. The summed E-state index contributed by atoms with van der Waals surface area (Å²) in [5.41, 5.74) is 3.59. The number of hydrogen-bond donors (Lipinski definition) is 1. The van der Waals surface area contributed by atoms with Crippen LogP contribution in [0.1, 0.15) is 29.2 Å². The van der Waals surface area contributed by atoms with Crippen LogP contribution < -0.4 is 5.32 Å². The molecular formula is C14H19F2NO2. The fourth-order valence-electron chi connectivity index (χ4n) is 2.26. The summed E-state index contributed by atoms with van der Waals surface area (Å²) in [7, 11) is 1.86. The predicted molar refractivity (Wildman–Crippen MR) is 68.2 cm³/mol. The Hall–Kier alpha value is -1.04. The number of alkyl halides is 2. The standard InChI is InChI=1S/C14H19F2NO2/c1-17-13(4-5-18-9-14(15)16)10-2-3-11-7-19-8-12(11)6-10/h2-3,6,13-14,17H,4-5,7-9H2,1H3. The van der Waals surface area contributed by atoms with Crippen molar-refractivity contribution in [3.05, 3.63) is 34.9 Å². The SMILES string of the molecule is CNC(CCOCC(F)F)c1ccc2c(c1)COC2. The van der Waals surface area contributed by atoms with Crippen LogP contribution in [0.15, 0.2) is 18.2 Å². The molecule has 1 N–H and O–H groups in total. The largest absolute Gasteiger partial charge is 0.375 e. The number of fused-ring (bicyclic) bond motifs is 1. The van der Waals surface area contributed by atoms with Crippen molar-refractivity contribution in [3.8, 4) is 0 Å². The normalized spacial score (nSPS) is 15.8. The van der Waals surface area contributed by atoms with Crippen molar-refractivity contribution in [2.24, 2.45) is 0 Å². The van der Waals surface area contributed by atoms with Crippen LogP contribution in [0.2, 0.25) is 0 Å². The van der Waals surface area contributed by atoms with Crippen LogP contribution in [0, 0.1) is 0 Å². The molecule has 0 saturated heterocycles. The van der Waals surface area contributed by atoms with Crippen LogP contribution >= 0.6 is 0 Å². The molecule has 1 atom stereocenters. The van der Waals surface area contributed by atoms with Gasteiger partial charge in [0, 0.05) is 12.6 Å². The van der Waals surface area contributed by atoms with Gasteiger partial charge in [0.2, 0.25) is 0 Å². The van der Waals surface area contributed by atoms with Gasteiger partial charge in [0.1, 0.15) is 6.61 Å². The van der Waals surface area contributed by atoms with E-state index in [4.69, 9.17) is 9.47 Å². The van der Waals surface area contributed by atoms with Crippen LogP contribution in [0.3, 0.4) is 0 Å². The number of benzene rings is 1. The molecular weight excluding hydrogens is 252 g/mol. The molecule has 0 spiro atoms. The molecule has 5 heteroatoms. The quantitative estimate of drug-likeness (QED) is 0.773. The summed E-state index contributed by atoms with van der Waals surface area (Å²) in [6, 6.07) is 6.36. The summed E-state index contributed by atoms with van der Waals surface area (Å²) in [6.45, 7) is 1.16. The summed E-state index contributed by atoms with van der Waals surface area (Å²) in [5, 5.41) is 3.19. The zero-order valence-corrected chi connectivity index (χ0v) is 11.0. The van der Waals surface area contributed by atoms with Gasteiger partial charge in [-0.1, -0.05) is 18.2 Å². The highest BCUT2D eigenvalue weighted by molar-refractivity contribution is 5.34. The van der Waals surface area contributed by atoms with Gasteiger partial charge in [-0.3, -0.25) is 0 Å². The maximum Gasteiger partial charge on any atom is 0.261 e. The molecule has 106 valence electrons. The van der Waals surface area contributed by atoms with Crippen LogP contribution in [-0.4, -0.2) is 26.7 Å². The molecule has 0 aromatic heterocycles. The molecule has 1 aromatic carbocycles. The highest BCUT2D eigenvalue weighted by atomic mass is 19.3. The molecule has 0 aliphatic carbocycles. The molecule has 2 rings (SSSR count). The molecule has 3 nitrogen and oxygen atoms in total. The fourth-order valence-corrected chi connectivity index (χ4v) is 2.26. The van der Waals surface area contributed by atoms with E-state index < -0.39 is 13.0 Å². The van der Waals surface area contributed by atoms with Crippen molar-refractivity contribution in [2.75, 3.05) is 20.3 Å². The average Bonchev–Trinajstić information content (AvgIpc) is 2.85. The molecule has 0 fully saturated rings. The van der Waals surface area contributed by atoms with Crippen molar-refractivity contribution in [1.82, 2.24) is 5.32 Å². The molecule has 0 amide bonds. The second kappa shape index (κ2) is 6.93. The molecule has 1 aliphatic rings. The van der Waals surface area contributed by atoms with Gasteiger partial charge in [-0.15, -0.1) is 0 Å². The van der Waals surface area contributed by atoms with Gasteiger partial charge in [-0.05, 0) is 30.2 Å². The minimum atomic E-state index is -2.40. The van der Waals surface area contributed by atoms with Gasteiger partial charge in [0.25, 0.3) is 6.43 Å². The number of ether oxygens (including phenoxy) is 2. The molecule has 19 heavy (non-hydrogen) atoms. The summed E-state index contributed by atoms with van der Waals surface area (Å²) in [4.78, 5) is 0. The van der Waals surface area contributed by atoms with Gasteiger partial charge in [-0.2, -0.15) is 0 Å². The van der Waals surface area contributed by atoms with E-state index in [0.29, 0.717) is 26.2 Å². The zero-order chi connectivity index (χ0) is 13.7. The van der Waals surface area contributed by atoms with Gasteiger partial charge in [-0.25, -0.2) is 8.78 Å². The number of rotatable bonds is 7. The van der Waals surface area contributed by atoms with Gasteiger partial charge >= 0.3 is 0 Å². The number of nitrogens with one attached hydrogen (secondary N) is 1. The first-order valence-corrected chi connectivity index (χ1v) is 6.43. The van der Waals surface area contributed by atoms with Gasteiger partial charge in [0.15, 0.2) is 0 Å². The lowest BCUT2D eigenvalue weighted by atomic mass is 9.99. The van der Waals surface area contributed by atoms with Crippen LogP contribution in [-0.2, 0) is 22.7 Å². The van der Waals surface area contributed by atoms with E-state index in [2.05, 4.69) is 23.5 Å². The maximum absolute atomic E-state index is 12.0. The molecule has 1 aromatic rings. The molecule has 0 radical (unpaired) electrons. The first-order valence-electron chi connectivity index (χ1n) is 6.43. The monoisotopic (exact) mass is 271 g/mol. The zero-order valence-electron chi connectivity index (χ0n) is 11.0. The highest BCUT2D eigenvalue weighted by Gasteiger charge is 2.15. The third kappa shape index (κ3) is 3.96. The van der Waals surface area contributed by atoms with Gasteiger partial charge in [0.05, 0.1) is 13.2 Å². The Balaban J connectivity index is 1.90. The maximum atomic E-state index is 12.0. The Morgan fingerprint density at radius 1 is 1.32 bits per heavy atom. The van der Waals surface area contributed by atoms with E-state index in [1.54, 1.807) is 0 Å². The number of hydrogen-bond acceptors (Lipinski definition) is 3. The van der Waals surface area contributed by atoms with E-state index in [1.807, 2.05) is 7.05 Å². The van der Waals surface area contributed by atoms with Crippen molar-refractivity contribution >= 4 is 0 Å². The molecule has 1 unspecified atom stereocenters. The van der Waals surface area contributed by atoms with Crippen LogP contribution in [0.5, 0.6) is 0 Å². The fraction of sp³-hybridized carbons (Fsp3) is 0.571. The second-order valence-electron chi connectivity index (χ2n) is 4.62. The first kappa shape index (κ1) is 14.4. The molecule has 0 bridgehead atoms. The summed E-state index contributed by atoms with van der Waals surface area (Å²) in [6.07, 6.45) is -1.73. The molecule has 1 heterocycles. The predicted octanol–water partition coefficient (Wildman–Crippen LogP) is 2.65. The Bertz CT molecular complexity index is 412. The minimum Gasteiger partial charge on any atom is -0.375 e. The summed E-state index contributed by atoms with van der Waals surface area (Å²) in [5.74, 6) is 0. The lowest BCUT2D eigenvalue weighted by molar-refractivity contribution is 0.0145. The molecule has 0 saturated carbocycles. The topological polar surface area (TPSA) is 30.5 Å². The van der Waals surface area contributed by atoms with Crippen LogP contribution in [0.4, 0.5) is 8.78 Å². The summed E-state index contributed by atoms with van der Waals surface area (Å²) >= 11 is 0. The second-order valence-corrected chi connectivity index (χ2v) is 4.62. The van der Waals surface area contributed by atoms with Crippen molar-refractivity contribution in [2.45, 2.75) is 32.1 Å².